The van der Waals surface area contributed by atoms with Crippen LogP contribution in [0.4, 0.5) is 0 Å². The number of hydrogen-bond donors (Lipinski definition) is 1. The molecule has 0 aromatic heterocycles. The fourth-order valence-corrected chi connectivity index (χ4v) is 1.29. The van der Waals surface area contributed by atoms with Gasteiger partial charge in [0.05, 0.1) is 12.2 Å². The maximum absolute atomic E-state index is 9.64. The summed E-state index contributed by atoms with van der Waals surface area (Å²) in [4.78, 5) is 0. The molecular weight excluding hydrogens is 164 g/mol. The third-order valence-electron chi connectivity index (χ3n) is 2.68. The van der Waals surface area contributed by atoms with E-state index in [1.165, 1.54) is 0 Å². The lowest BCUT2D eigenvalue weighted by molar-refractivity contribution is 0.0771. The molecule has 0 saturated heterocycles. The van der Waals surface area contributed by atoms with Gasteiger partial charge in [-0.3, -0.25) is 0 Å². The van der Waals surface area contributed by atoms with E-state index >= 15 is 0 Å². The molecule has 0 aromatic rings. The van der Waals surface area contributed by atoms with Crippen molar-refractivity contribution >= 4 is 0 Å². The molecule has 1 N–H and O–H groups in total. The minimum absolute atomic E-state index is 0.146. The first-order valence-electron chi connectivity index (χ1n) is 5.31. The summed E-state index contributed by atoms with van der Waals surface area (Å²) in [6.45, 7) is 6.38. The summed E-state index contributed by atoms with van der Waals surface area (Å²) in [6, 6.07) is 0. The SMILES string of the molecule is CCC(C)CC(O)CCC(C)OC. The molecule has 0 bridgehead atoms. The van der Waals surface area contributed by atoms with Crippen molar-refractivity contribution < 1.29 is 9.84 Å². The Hall–Kier alpha value is -0.0800. The van der Waals surface area contributed by atoms with Crippen LogP contribution in [-0.2, 0) is 4.74 Å². The van der Waals surface area contributed by atoms with Crippen LogP contribution >= 0.6 is 0 Å². The Morgan fingerprint density at radius 3 is 2.31 bits per heavy atom. The highest BCUT2D eigenvalue weighted by molar-refractivity contribution is 4.62. The number of aliphatic hydroxyl groups is 1. The van der Waals surface area contributed by atoms with Gasteiger partial charge in [-0.2, -0.15) is 0 Å². The molecule has 3 unspecified atom stereocenters. The van der Waals surface area contributed by atoms with Crippen molar-refractivity contribution in [3.05, 3.63) is 0 Å². The number of hydrogen-bond acceptors (Lipinski definition) is 2. The van der Waals surface area contributed by atoms with E-state index in [4.69, 9.17) is 4.74 Å². The van der Waals surface area contributed by atoms with Crippen molar-refractivity contribution in [2.75, 3.05) is 7.11 Å². The van der Waals surface area contributed by atoms with Gasteiger partial charge in [0, 0.05) is 7.11 Å². The number of methoxy groups -OCH3 is 1. The van der Waals surface area contributed by atoms with Crippen LogP contribution in [0.3, 0.4) is 0 Å². The van der Waals surface area contributed by atoms with Crippen molar-refractivity contribution in [1.29, 1.82) is 0 Å². The highest BCUT2D eigenvalue weighted by atomic mass is 16.5. The van der Waals surface area contributed by atoms with Crippen molar-refractivity contribution in [3.63, 3.8) is 0 Å². The Labute approximate surface area is 82.3 Å². The molecule has 0 aromatic carbocycles. The summed E-state index contributed by atoms with van der Waals surface area (Å²) in [7, 11) is 1.71. The monoisotopic (exact) mass is 188 g/mol. The van der Waals surface area contributed by atoms with Crippen molar-refractivity contribution in [1.82, 2.24) is 0 Å². The predicted octanol–water partition coefficient (Wildman–Crippen LogP) is 2.60. The Morgan fingerprint density at radius 2 is 1.85 bits per heavy atom. The molecule has 0 fully saturated rings. The van der Waals surface area contributed by atoms with Gasteiger partial charge in [-0.05, 0) is 32.1 Å². The lowest BCUT2D eigenvalue weighted by Crippen LogP contribution is -2.15. The Bertz CT molecular complexity index is 115. The average molecular weight is 188 g/mol. The summed E-state index contributed by atoms with van der Waals surface area (Å²) in [5, 5.41) is 9.64. The second-order valence-electron chi connectivity index (χ2n) is 4.03. The van der Waals surface area contributed by atoms with Crippen LogP contribution in [0.15, 0.2) is 0 Å². The van der Waals surface area contributed by atoms with Crippen molar-refractivity contribution in [3.8, 4) is 0 Å². The van der Waals surface area contributed by atoms with Gasteiger partial charge in [-0.15, -0.1) is 0 Å². The molecule has 2 heteroatoms. The Morgan fingerprint density at radius 1 is 1.23 bits per heavy atom. The minimum Gasteiger partial charge on any atom is -0.393 e. The van der Waals surface area contributed by atoms with E-state index in [0.29, 0.717) is 5.92 Å². The second kappa shape index (κ2) is 7.34. The molecule has 2 nitrogen and oxygen atoms in total. The summed E-state index contributed by atoms with van der Waals surface area (Å²) >= 11 is 0. The third kappa shape index (κ3) is 7.03. The van der Waals surface area contributed by atoms with Gasteiger partial charge in [-0.1, -0.05) is 20.3 Å². The van der Waals surface area contributed by atoms with Gasteiger partial charge >= 0.3 is 0 Å². The first-order chi connectivity index (χ1) is 6.10. The molecule has 80 valence electrons. The Kier molecular flexibility index (Phi) is 7.29. The van der Waals surface area contributed by atoms with E-state index in [1.807, 2.05) is 6.92 Å². The zero-order valence-electron chi connectivity index (χ0n) is 9.42. The van der Waals surface area contributed by atoms with Crippen molar-refractivity contribution in [2.24, 2.45) is 5.92 Å². The molecule has 0 heterocycles. The molecule has 0 spiro atoms. The lowest BCUT2D eigenvalue weighted by Gasteiger charge is -2.16. The fourth-order valence-electron chi connectivity index (χ4n) is 1.29. The van der Waals surface area contributed by atoms with E-state index in [0.717, 1.165) is 25.7 Å². The van der Waals surface area contributed by atoms with E-state index < -0.39 is 0 Å². The minimum atomic E-state index is -0.146. The van der Waals surface area contributed by atoms with Gasteiger partial charge in [0.2, 0.25) is 0 Å². The summed E-state index contributed by atoms with van der Waals surface area (Å²) < 4.78 is 5.12. The average Bonchev–Trinajstić information content (AvgIpc) is 2.13. The Balaban J connectivity index is 3.45. The summed E-state index contributed by atoms with van der Waals surface area (Å²) in [6.07, 6.45) is 4.01. The van der Waals surface area contributed by atoms with Gasteiger partial charge in [0.15, 0.2) is 0 Å². The smallest absolute Gasteiger partial charge is 0.0544 e. The zero-order valence-corrected chi connectivity index (χ0v) is 9.42. The highest BCUT2D eigenvalue weighted by Crippen LogP contribution is 2.14. The molecule has 0 amide bonds. The largest absolute Gasteiger partial charge is 0.393 e. The van der Waals surface area contributed by atoms with Crippen LogP contribution in [0.1, 0.15) is 46.5 Å². The number of rotatable bonds is 7. The quantitative estimate of drug-likeness (QED) is 0.665. The van der Waals surface area contributed by atoms with Crippen LogP contribution in [0.5, 0.6) is 0 Å². The predicted molar refractivity (Wildman–Crippen MR) is 55.8 cm³/mol. The van der Waals surface area contributed by atoms with E-state index in [2.05, 4.69) is 13.8 Å². The van der Waals surface area contributed by atoms with E-state index in [1.54, 1.807) is 7.11 Å². The van der Waals surface area contributed by atoms with Gasteiger partial charge in [0.1, 0.15) is 0 Å². The van der Waals surface area contributed by atoms with Crippen LogP contribution in [0.2, 0.25) is 0 Å². The van der Waals surface area contributed by atoms with Crippen LogP contribution in [-0.4, -0.2) is 24.4 Å². The molecule has 0 aliphatic carbocycles. The second-order valence-corrected chi connectivity index (χ2v) is 4.03. The number of ether oxygens (including phenoxy) is 1. The van der Waals surface area contributed by atoms with E-state index in [9.17, 15) is 5.11 Å². The summed E-state index contributed by atoms with van der Waals surface area (Å²) in [5.41, 5.74) is 0. The summed E-state index contributed by atoms with van der Waals surface area (Å²) in [5.74, 6) is 0.632. The maximum Gasteiger partial charge on any atom is 0.0544 e. The van der Waals surface area contributed by atoms with Crippen molar-refractivity contribution in [2.45, 2.75) is 58.7 Å². The molecule has 3 atom stereocenters. The topological polar surface area (TPSA) is 29.5 Å². The standard InChI is InChI=1S/C11H24O2/c1-5-9(2)8-11(12)7-6-10(3)13-4/h9-12H,5-8H2,1-4H3. The zero-order chi connectivity index (χ0) is 10.3. The normalized spacial score (nSPS) is 18.2. The van der Waals surface area contributed by atoms with Gasteiger partial charge in [-0.25, -0.2) is 0 Å². The molecule has 0 radical (unpaired) electrons. The van der Waals surface area contributed by atoms with Gasteiger partial charge < -0.3 is 9.84 Å². The molecule has 0 saturated carbocycles. The first-order valence-corrected chi connectivity index (χ1v) is 5.31. The van der Waals surface area contributed by atoms with Gasteiger partial charge in [0.25, 0.3) is 0 Å². The highest BCUT2D eigenvalue weighted by Gasteiger charge is 2.10. The maximum atomic E-state index is 9.64. The molecule has 0 rings (SSSR count). The number of aliphatic hydroxyl groups excluding tert-OH is 1. The van der Waals surface area contributed by atoms with Crippen LogP contribution < -0.4 is 0 Å². The first kappa shape index (κ1) is 12.9. The van der Waals surface area contributed by atoms with Crippen LogP contribution in [0.25, 0.3) is 0 Å². The molecule has 0 aliphatic rings. The van der Waals surface area contributed by atoms with Crippen LogP contribution in [0, 0.1) is 5.92 Å². The third-order valence-corrected chi connectivity index (χ3v) is 2.68. The molecular formula is C11H24O2. The van der Waals surface area contributed by atoms with E-state index in [-0.39, 0.29) is 12.2 Å². The molecule has 0 aliphatic heterocycles. The fraction of sp³-hybridized carbons (Fsp3) is 1.00. The molecule has 13 heavy (non-hydrogen) atoms. The lowest BCUT2D eigenvalue weighted by atomic mass is 9.98.